The first-order valence-electron chi connectivity index (χ1n) is 12.5. The van der Waals surface area contributed by atoms with Gasteiger partial charge in [-0.15, -0.1) is 10.2 Å². The molecule has 0 saturated heterocycles. The van der Waals surface area contributed by atoms with Crippen molar-refractivity contribution in [2.75, 3.05) is 19.8 Å². The third kappa shape index (κ3) is 6.43. The summed E-state index contributed by atoms with van der Waals surface area (Å²) < 4.78 is 7.72. The molecule has 4 aromatic rings. The molecule has 200 valence electrons. The molecule has 0 saturated carbocycles. The molecule has 11 heteroatoms. The van der Waals surface area contributed by atoms with Gasteiger partial charge in [0.05, 0.1) is 5.69 Å². The number of hydrogen-bond acceptors (Lipinski definition) is 8. The first kappa shape index (κ1) is 27.8. The van der Waals surface area contributed by atoms with Crippen LogP contribution in [-0.2, 0) is 29.1 Å². The van der Waals surface area contributed by atoms with Crippen molar-refractivity contribution in [2.45, 2.75) is 45.4 Å². The highest BCUT2D eigenvalue weighted by molar-refractivity contribution is 7.80. The van der Waals surface area contributed by atoms with Crippen LogP contribution in [0.25, 0.3) is 22.5 Å². The molecule has 38 heavy (non-hydrogen) atoms. The molecule has 0 aliphatic rings. The number of carbonyl (C=O) groups excluding carboxylic acids is 1. The summed E-state index contributed by atoms with van der Waals surface area (Å²) in [7, 11) is 3.65. The third-order valence-electron chi connectivity index (χ3n) is 6.40. The molecule has 0 aliphatic carbocycles. The lowest BCUT2D eigenvalue weighted by atomic mass is 9.98. The van der Waals surface area contributed by atoms with Crippen LogP contribution in [0.4, 0.5) is 0 Å². The van der Waals surface area contributed by atoms with E-state index in [2.05, 4.69) is 74.0 Å². The van der Waals surface area contributed by atoms with E-state index in [1.54, 1.807) is 4.90 Å². The summed E-state index contributed by atoms with van der Waals surface area (Å²) in [6.07, 6.45) is 2.81. The standard InChI is InChI=1S/C27H32ClN7O2S/c1-4-5-10-24-29-25(28)22(16-37-27(36)23(17-38)34(2)3)35(24)15-18-11-13-19(14-12-18)20-8-6-7-9-21(20)26-30-32-33-31-26/h6-9,11-14,23,38H,4-5,10,15-17H2,1-3H3,(H,30,31,32,33)/t23-/m1/s1. The number of tetrazole rings is 1. The zero-order valence-electron chi connectivity index (χ0n) is 21.8. The first-order valence-corrected chi connectivity index (χ1v) is 13.5. The number of aromatic nitrogens is 6. The largest absolute Gasteiger partial charge is 0.458 e. The second-order valence-corrected chi connectivity index (χ2v) is 9.93. The van der Waals surface area contributed by atoms with E-state index in [9.17, 15) is 4.79 Å². The van der Waals surface area contributed by atoms with Crippen molar-refractivity contribution in [2.24, 2.45) is 0 Å². The topological polar surface area (TPSA) is 102 Å². The van der Waals surface area contributed by atoms with Crippen LogP contribution in [0.2, 0.25) is 5.15 Å². The lowest BCUT2D eigenvalue weighted by Gasteiger charge is -2.21. The molecule has 0 unspecified atom stereocenters. The summed E-state index contributed by atoms with van der Waals surface area (Å²) in [6, 6.07) is 15.8. The van der Waals surface area contributed by atoms with Crippen LogP contribution in [0.5, 0.6) is 0 Å². The van der Waals surface area contributed by atoms with Crippen LogP contribution in [0.3, 0.4) is 0 Å². The van der Waals surface area contributed by atoms with Crippen LogP contribution in [0.15, 0.2) is 48.5 Å². The van der Waals surface area contributed by atoms with Crippen molar-refractivity contribution in [1.29, 1.82) is 0 Å². The summed E-state index contributed by atoms with van der Waals surface area (Å²) in [4.78, 5) is 19.0. The van der Waals surface area contributed by atoms with Gasteiger partial charge in [0.2, 0.25) is 5.82 Å². The number of hydrogen-bond donors (Lipinski definition) is 2. The van der Waals surface area contributed by atoms with Gasteiger partial charge in [-0.25, -0.2) is 4.98 Å². The van der Waals surface area contributed by atoms with Gasteiger partial charge < -0.3 is 9.30 Å². The normalized spacial score (nSPS) is 12.2. The number of ether oxygens (including phenoxy) is 1. The Morgan fingerprint density at radius 2 is 1.89 bits per heavy atom. The lowest BCUT2D eigenvalue weighted by Crippen LogP contribution is -2.38. The maximum Gasteiger partial charge on any atom is 0.324 e. The zero-order chi connectivity index (χ0) is 27.1. The number of halogens is 1. The molecule has 1 atom stereocenters. The van der Waals surface area contributed by atoms with Gasteiger partial charge in [0.25, 0.3) is 0 Å². The van der Waals surface area contributed by atoms with E-state index in [0.29, 0.717) is 29.0 Å². The molecular weight excluding hydrogens is 522 g/mol. The summed E-state index contributed by atoms with van der Waals surface area (Å²) in [5.41, 5.74) is 4.72. The van der Waals surface area contributed by atoms with E-state index < -0.39 is 6.04 Å². The minimum absolute atomic E-state index is 0.0467. The number of rotatable bonds is 12. The van der Waals surface area contributed by atoms with Gasteiger partial charge in [-0.05, 0) is 42.4 Å². The molecule has 0 spiro atoms. The van der Waals surface area contributed by atoms with Gasteiger partial charge in [-0.2, -0.15) is 17.8 Å². The minimum atomic E-state index is -0.434. The van der Waals surface area contributed by atoms with E-state index in [-0.39, 0.29) is 12.6 Å². The number of carbonyl (C=O) groups is 1. The van der Waals surface area contributed by atoms with Crippen LogP contribution < -0.4 is 0 Å². The first-order chi connectivity index (χ1) is 18.4. The minimum Gasteiger partial charge on any atom is -0.458 e. The molecule has 4 rings (SSSR count). The number of likely N-dealkylation sites (N-methyl/N-ethyl adjacent to an activating group) is 1. The molecule has 2 aromatic heterocycles. The van der Waals surface area contributed by atoms with Gasteiger partial charge in [-0.3, -0.25) is 9.69 Å². The fourth-order valence-corrected chi connectivity index (χ4v) is 4.95. The third-order valence-corrected chi connectivity index (χ3v) is 7.04. The Balaban J connectivity index is 1.58. The molecule has 0 fully saturated rings. The van der Waals surface area contributed by atoms with Crippen molar-refractivity contribution >= 4 is 30.2 Å². The lowest BCUT2D eigenvalue weighted by molar-refractivity contribution is -0.149. The van der Waals surface area contributed by atoms with E-state index >= 15 is 0 Å². The van der Waals surface area contributed by atoms with E-state index in [0.717, 1.165) is 47.3 Å². The zero-order valence-corrected chi connectivity index (χ0v) is 23.4. The predicted molar refractivity (Wildman–Crippen MR) is 151 cm³/mol. The van der Waals surface area contributed by atoms with Gasteiger partial charge in [0, 0.05) is 24.3 Å². The number of aryl methyl sites for hydroxylation is 1. The Hall–Kier alpha value is -3.21. The van der Waals surface area contributed by atoms with E-state index in [4.69, 9.17) is 16.3 Å². The fourth-order valence-electron chi connectivity index (χ4n) is 4.22. The Morgan fingerprint density at radius 3 is 2.53 bits per heavy atom. The molecule has 9 nitrogen and oxygen atoms in total. The van der Waals surface area contributed by atoms with Crippen LogP contribution in [0, 0.1) is 0 Å². The predicted octanol–water partition coefficient (Wildman–Crippen LogP) is 4.68. The van der Waals surface area contributed by atoms with Crippen LogP contribution in [-0.4, -0.2) is 66.9 Å². The number of aromatic amines is 1. The quantitative estimate of drug-likeness (QED) is 0.194. The Morgan fingerprint density at radius 1 is 1.16 bits per heavy atom. The number of thiol groups is 1. The van der Waals surface area contributed by atoms with Gasteiger partial charge in [0.1, 0.15) is 18.5 Å². The van der Waals surface area contributed by atoms with E-state index in [1.807, 2.05) is 38.4 Å². The van der Waals surface area contributed by atoms with Gasteiger partial charge in [-0.1, -0.05) is 73.5 Å². The average molecular weight is 554 g/mol. The number of benzene rings is 2. The van der Waals surface area contributed by atoms with E-state index in [1.165, 1.54) is 0 Å². The van der Waals surface area contributed by atoms with Crippen molar-refractivity contribution in [3.05, 3.63) is 70.8 Å². The average Bonchev–Trinajstić information content (AvgIpc) is 3.55. The molecule has 0 aliphatic heterocycles. The Kier molecular flexibility index (Phi) is 9.54. The van der Waals surface area contributed by atoms with Crippen molar-refractivity contribution in [3.63, 3.8) is 0 Å². The monoisotopic (exact) mass is 553 g/mol. The summed E-state index contributed by atoms with van der Waals surface area (Å²) in [6.45, 7) is 2.74. The van der Waals surface area contributed by atoms with Crippen LogP contribution in [0.1, 0.15) is 36.8 Å². The number of H-pyrrole nitrogens is 1. The highest BCUT2D eigenvalue weighted by atomic mass is 35.5. The van der Waals surface area contributed by atoms with Gasteiger partial charge >= 0.3 is 5.97 Å². The maximum absolute atomic E-state index is 12.6. The molecule has 0 radical (unpaired) electrons. The second-order valence-electron chi connectivity index (χ2n) is 9.20. The molecule has 1 N–H and O–H groups in total. The molecule has 0 amide bonds. The Bertz CT molecular complexity index is 1340. The number of nitrogens with one attached hydrogen (secondary N) is 1. The SMILES string of the molecule is CCCCc1nc(Cl)c(COC(=O)[C@@H](CS)N(C)C)n1Cc1ccc(-c2ccccc2-c2nn[nH]n2)cc1. The van der Waals surface area contributed by atoms with Gasteiger partial charge in [0.15, 0.2) is 5.15 Å². The molecular formula is C27H32ClN7O2S. The number of imidazole rings is 1. The molecule has 2 aromatic carbocycles. The maximum atomic E-state index is 12.6. The van der Waals surface area contributed by atoms with Crippen molar-refractivity contribution in [1.82, 2.24) is 35.1 Å². The summed E-state index contributed by atoms with van der Waals surface area (Å²) >= 11 is 10.8. The highest BCUT2D eigenvalue weighted by Crippen LogP contribution is 2.30. The summed E-state index contributed by atoms with van der Waals surface area (Å²) in [5.74, 6) is 1.45. The number of unbranched alkanes of at least 4 members (excludes halogenated alkanes) is 1. The van der Waals surface area contributed by atoms with Crippen LogP contribution >= 0.6 is 24.2 Å². The smallest absolute Gasteiger partial charge is 0.324 e. The van der Waals surface area contributed by atoms with Crippen molar-refractivity contribution < 1.29 is 9.53 Å². The Labute approximate surface area is 233 Å². The molecule has 2 heterocycles. The van der Waals surface area contributed by atoms with Crippen molar-refractivity contribution in [3.8, 4) is 22.5 Å². The highest BCUT2D eigenvalue weighted by Gasteiger charge is 2.23. The fraction of sp³-hybridized carbons (Fsp3) is 0.370. The second kappa shape index (κ2) is 13.0. The summed E-state index contributed by atoms with van der Waals surface area (Å²) in [5, 5.41) is 14.8. The number of nitrogens with zero attached hydrogens (tertiary/aromatic N) is 6. The number of esters is 1. The molecule has 0 bridgehead atoms.